The number of benzene rings is 2. The molecule has 1 aromatic heterocycles. The second-order valence-corrected chi connectivity index (χ2v) is 6.89. The minimum Gasteiger partial charge on any atom is -0.494 e. The van der Waals surface area contributed by atoms with E-state index in [1.54, 1.807) is 0 Å². The molecule has 0 aliphatic carbocycles. The SMILES string of the molecule is CCCC(=O)NCCc1nc2ccccc2n1CCCCOc1ccccc1. The second kappa shape index (κ2) is 10.5. The van der Waals surface area contributed by atoms with Gasteiger partial charge in [0.15, 0.2) is 0 Å². The van der Waals surface area contributed by atoms with Crippen molar-refractivity contribution < 1.29 is 9.53 Å². The number of para-hydroxylation sites is 3. The van der Waals surface area contributed by atoms with Crippen molar-refractivity contribution >= 4 is 16.9 Å². The summed E-state index contributed by atoms with van der Waals surface area (Å²) in [7, 11) is 0. The lowest BCUT2D eigenvalue weighted by Gasteiger charge is -2.11. The molecule has 0 spiro atoms. The summed E-state index contributed by atoms with van der Waals surface area (Å²) in [6.07, 6.45) is 4.19. The van der Waals surface area contributed by atoms with Crippen molar-refractivity contribution in [1.82, 2.24) is 14.9 Å². The highest BCUT2D eigenvalue weighted by Crippen LogP contribution is 2.17. The molecule has 1 amide bonds. The number of aromatic nitrogens is 2. The third-order valence-corrected chi connectivity index (χ3v) is 4.67. The van der Waals surface area contributed by atoms with Crippen LogP contribution in [0.1, 0.15) is 38.4 Å². The number of carbonyl (C=O) groups excluding carboxylic acids is 1. The van der Waals surface area contributed by atoms with Gasteiger partial charge in [-0.2, -0.15) is 0 Å². The zero-order valence-corrected chi connectivity index (χ0v) is 16.6. The van der Waals surface area contributed by atoms with Crippen LogP contribution in [0.2, 0.25) is 0 Å². The Morgan fingerprint density at radius 1 is 1.07 bits per heavy atom. The van der Waals surface area contributed by atoms with Crippen LogP contribution in [0.15, 0.2) is 54.6 Å². The lowest BCUT2D eigenvalue weighted by atomic mass is 10.2. The molecule has 0 bridgehead atoms. The molecule has 28 heavy (non-hydrogen) atoms. The standard InChI is InChI=1S/C23H29N3O2/c1-2-10-23(27)24-16-15-22-25-20-13-6-7-14-21(20)26(22)17-8-9-18-28-19-11-4-3-5-12-19/h3-7,11-14H,2,8-10,15-18H2,1H3,(H,24,27). The van der Waals surface area contributed by atoms with Crippen molar-refractivity contribution in [2.75, 3.05) is 13.2 Å². The molecule has 5 nitrogen and oxygen atoms in total. The largest absolute Gasteiger partial charge is 0.494 e. The summed E-state index contributed by atoms with van der Waals surface area (Å²) in [5, 5.41) is 2.99. The summed E-state index contributed by atoms with van der Waals surface area (Å²) < 4.78 is 8.07. The number of hydrogen-bond donors (Lipinski definition) is 1. The molecule has 3 aromatic rings. The molecule has 2 aromatic carbocycles. The zero-order valence-electron chi connectivity index (χ0n) is 16.6. The summed E-state index contributed by atoms with van der Waals surface area (Å²) in [5.41, 5.74) is 2.17. The molecule has 0 aliphatic rings. The first-order chi connectivity index (χ1) is 13.8. The van der Waals surface area contributed by atoms with Gasteiger partial charge < -0.3 is 14.6 Å². The van der Waals surface area contributed by atoms with Gasteiger partial charge in [-0.3, -0.25) is 4.79 Å². The maximum absolute atomic E-state index is 11.7. The van der Waals surface area contributed by atoms with Crippen molar-refractivity contribution in [3.05, 3.63) is 60.4 Å². The van der Waals surface area contributed by atoms with Gasteiger partial charge in [0.2, 0.25) is 5.91 Å². The molecular formula is C23H29N3O2. The Kier molecular flexibility index (Phi) is 7.47. The van der Waals surface area contributed by atoms with E-state index in [0.29, 0.717) is 19.6 Å². The Balaban J connectivity index is 1.55. The van der Waals surface area contributed by atoms with E-state index >= 15 is 0 Å². The summed E-state index contributed by atoms with van der Waals surface area (Å²) in [6.45, 7) is 4.25. The highest BCUT2D eigenvalue weighted by Gasteiger charge is 2.10. The molecule has 1 heterocycles. The highest BCUT2D eigenvalue weighted by atomic mass is 16.5. The van der Waals surface area contributed by atoms with Gasteiger partial charge in [0.1, 0.15) is 11.6 Å². The van der Waals surface area contributed by atoms with Crippen LogP contribution in [0.3, 0.4) is 0 Å². The van der Waals surface area contributed by atoms with Crippen LogP contribution in [0.4, 0.5) is 0 Å². The van der Waals surface area contributed by atoms with E-state index < -0.39 is 0 Å². The van der Waals surface area contributed by atoms with Crippen LogP contribution < -0.4 is 10.1 Å². The lowest BCUT2D eigenvalue weighted by Crippen LogP contribution is -2.26. The Hall–Kier alpha value is -2.82. The maximum atomic E-state index is 11.7. The Bertz CT molecular complexity index is 874. The van der Waals surface area contributed by atoms with Crippen LogP contribution in [0.25, 0.3) is 11.0 Å². The highest BCUT2D eigenvalue weighted by molar-refractivity contribution is 5.76. The van der Waals surface area contributed by atoms with Crippen molar-refractivity contribution in [2.45, 2.75) is 45.6 Å². The third-order valence-electron chi connectivity index (χ3n) is 4.67. The number of fused-ring (bicyclic) bond motifs is 1. The molecule has 0 fully saturated rings. The van der Waals surface area contributed by atoms with Crippen LogP contribution in [0, 0.1) is 0 Å². The first kappa shape index (κ1) is 19.9. The van der Waals surface area contributed by atoms with Gasteiger partial charge in [-0.25, -0.2) is 4.98 Å². The minimum absolute atomic E-state index is 0.114. The number of nitrogens with zero attached hydrogens (tertiary/aromatic N) is 2. The van der Waals surface area contributed by atoms with E-state index in [9.17, 15) is 4.79 Å². The van der Waals surface area contributed by atoms with Crippen molar-refractivity contribution in [1.29, 1.82) is 0 Å². The third kappa shape index (κ3) is 5.59. The molecule has 0 saturated heterocycles. The molecule has 0 saturated carbocycles. The van der Waals surface area contributed by atoms with Gasteiger partial charge in [0.25, 0.3) is 0 Å². The molecule has 0 atom stereocenters. The zero-order chi connectivity index (χ0) is 19.6. The average molecular weight is 380 g/mol. The molecule has 0 aliphatic heterocycles. The van der Waals surface area contributed by atoms with Gasteiger partial charge in [0, 0.05) is 25.9 Å². The first-order valence-electron chi connectivity index (χ1n) is 10.2. The first-order valence-corrected chi connectivity index (χ1v) is 10.2. The Morgan fingerprint density at radius 3 is 2.68 bits per heavy atom. The summed E-state index contributed by atoms with van der Waals surface area (Å²) in [4.78, 5) is 16.5. The van der Waals surface area contributed by atoms with E-state index in [2.05, 4.69) is 16.0 Å². The molecule has 0 radical (unpaired) electrons. The van der Waals surface area contributed by atoms with Gasteiger partial charge in [-0.1, -0.05) is 37.3 Å². The predicted octanol–water partition coefficient (Wildman–Crippen LogP) is 4.35. The van der Waals surface area contributed by atoms with E-state index in [0.717, 1.165) is 54.8 Å². The number of imidazole rings is 1. The predicted molar refractivity (Wildman–Crippen MR) is 113 cm³/mol. The van der Waals surface area contributed by atoms with Gasteiger partial charge in [-0.05, 0) is 43.5 Å². The quantitative estimate of drug-likeness (QED) is 0.504. The molecule has 3 rings (SSSR count). The lowest BCUT2D eigenvalue weighted by molar-refractivity contribution is -0.121. The number of nitrogens with one attached hydrogen (secondary N) is 1. The number of amides is 1. The molecular weight excluding hydrogens is 350 g/mol. The van der Waals surface area contributed by atoms with Gasteiger partial charge >= 0.3 is 0 Å². The van der Waals surface area contributed by atoms with Crippen LogP contribution in [-0.4, -0.2) is 28.6 Å². The number of carbonyl (C=O) groups is 1. The molecule has 1 N–H and O–H groups in total. The van der Waals surface area contributed by atoms with Gasteiger partial charge in [0.05, 0.1) is 17.6 Å². The molecule has 148 valence electrons. The normalized spacial score (nSPS) is 10.9. The topological polar surface area (TPSA) is 56.2 Å². The number of rotatable bonds is 11. The fourth-order valence-corrected chi connectivity index (χ4v) is 3.27. The van der Waals surface area contributed by atoms with Crippen LogP contribution in [-0.2, 0) is 17.8 Å². The molecule has 0 unspecified atom stereocenters. The van der Waals surface area contributed by atoms with E-state index in [4.69, 9.17) is 9.72 Å². The Morgan fingerprint density at radius 2 is 1.86 bits per heavy atom. The number of unbranched alkanes of at least 4 members (excludes halogenated alkanes) is 1. The van der Waals surface area contributed by atoms with Crippen molar-refractivity contribution in [3.8, 4) is 5.75 Å². The number of ether oxygens (including phenoxy) is 1. The smallest absolute Gasteiger partial charge is 0.219 e. The van der Waals surface area contributed by atoms with Gasteiger partial charge in [-0.15, -0.1) is 0 Å². The van der Waals surface area contributed by atoms with E-state index in [1.165, 1.54) is 0 Å². The fourth-order valence-electron chi connectivity index (χ4n) is 3.27. The monoisotopic (exact) mass is 379 g/mol. The second-order valence-electron chi connectivity index (χ2n) is 6.89. The van der Waals surface area contributed by atoms with Crippen molar-refractivity contribution in [2.24, 2.45) is 0 Å². The summed E-state index contributed by atoms with van der Waals surface area (Å²) in [5.74, 6) is 2.06. The molecule has 5 heteroatoms. The minimum atomic E-state index is 0.114. The fraction of sp³-hybridized carbons (Fsp3) is 0.391. The van der Waals surface area contributed by atoms with Crippen LogP contribution >= 0.6 is 0 Å². The van der Waals surface area contributed by atoms with E-state index in [1.807, 2.05) is 55.5 Å². The van der Waals surface area contributed by atoms with Crippen LogP contribution in [0.5, 0.6) is 5.75 Å². The summed E-state index contributed by atoms with van der Waals surface area (Å²) >= 11 is 0. The maximum Gasteiger partial charge on any atom is 0.219 e. The summed E-state index contributed by atoms with van der Waals surface area (Å²) in [6, 6.07) is 18.1. The number of aryl methyl sites for hydroxylation is 1. The van der Waals surface area contributed by atoms with E-state index in [-0.39, 0.29) is 5.91 Å². The Labute approximate surface area is 166 Å². The van der Waals surface area contributed by atoms with Crippen molar-refractivity contribution in [3.63, 3.8) is 0 Å². The number of hydrogen-bond acceptors (Lipinski definition) is 3. The average Bonchev–Trinajstić information content (AvgIpc) is 3.06.